The van der Waals surface area contributed by atoms with Gasteiger partial charge in [0.1, 0.15) is 0 Å². The second kappa shape index (κ2) is 2.64. The summed E-state index contributed by atoms with van der Waals surface area (Å²) in [4.78, 5) is 0. The molecule has 0 radical (unpaired) electrons. The summed E-state index contributed by atoms with van der Waals surface area (Å²) >= 11 is 0. The van der Waals surface area contributed by atoms with E-state index in [0.717, 1.165) is 6.42 Å². The molecule has 12 heavy (non-hydrogen) atoms. The fourth-order valence-corrected chi connectivity index (χ4v) is 1.52. The summed E-state index contributed by atoms with van der Waals surface area (Å²) in [6, 6.07) is 10.8. The van der Waals surface area contributed by atoms with E-state index in [4.69, 9.17) is 5.26 Å². The Morgan fingerprint density at radius 3 is 2.50 bits per heavy atom. The molecular weight excluding hydrogens is 146 g/mol. The van der Waals surface area contributed by atoms with Gasteiger partial charge in [0.15, 0.2) is 0 Å². The van der Waals surface area contributed by atoms with Crippen LogP contribution in [0.25, 0.3) is 0 Å². The Morgan fingerprint density at radius 1 is 1.33 bits per heavy atom. The van der Waals surface area contributed by atoms with E-state index in [9.17, 15) is 0 Å². The van der Waals surface area contributed by atoms with Crippen LogP contribution in [0, 0.1) is 24.2 Å². The monoisotopic (exact) mass is 157 g/mol. The van der Waals surface area contributed by atoms with Crippen LogP contribution in [0.1, 0.15) is 23.5 Å². The average molecular weight is 157 g/mol. The smallest absolute Gasteiger partial charge is 0.0662 e. The van der Waals surface area contributed by atoms with Gasteiger partial charge in [-0.1, -0.05) is 29.8 Å². The zero-order valence-electron chi connectivity index (χ0n) is 7.12. The number of nitrogens with zero attached hydrogens (tertiary/aromatic N) is 1. The van der Waals surface area contributed by atoms with E-state index in [1.807, 2.05) is 0 Å². The van der Waals surface area contributed by atoms with Crippen molar-refractivity contribution < 1.29 is 0 Å². The molecule has 1 fully saturated rings. The quantitative estimate of drug-likeness (QED) is 0.614. The molecule has 1 aromatic carbocycles. The van der Waals surface area contributed by atoms with Crippen molar-refractivity contribution in [1.29, 1.82) is 5.26 Å². The number of hydrogen-bond acceptors (Lipinski definition) is 1. The maximum Gasteiger partial charge on any atom is 0.0662 e. The van der Waals surface area contributed by atoms with Crippen LogP contribution in [0.4, 0.5) is 0 Å². The molecule has 0 spiro atoms. The lowest BCUT2D eigenvalue weighted by atomic mass is 10.1. The van der Waals surface area contributed by atoms with E-state index >= 15 is 0 Å². The van der Waals surface area contributed by atoms with Crippen molar-refractivity contribution in [3.8, 4) is 6.07 Å². The standard InChI is InChI=1S/C11H11N/c1-8-2-4-9(5-3-8)11-6-10(11)7-12/h2-5,10-11H,6H2,1H3/t10-,11-/m0/s1. The fraction of sp³-hybridized carbons (Fsp3) is 0.364. The van der Waals surface area contributed by atoms with Crippen LogP contribution in [0.2, 0.25) is 0 Å². The molecule has 1 aromatic rings. The van der Waals surface area contributed by atoms with Crippen LogP contribution in [-0.2, 0) is 0 Å². The first-order valence-corrected chi connectivity index (χ1v) is 4.27. The van der Waals surface area contributed by atoms with Crippen molar-refractivity contribution in [2.75, 3.05) is 0 Å². The van der Waals surface area contributed by atoms with Crippen LogP contribution in [0.3, 0.4) is 0 Å². The topological polar surface area (TPSA) is 23.8 Å². The highest BCUT2D eigenvalue weighted by atomic mass is 14.4. The molecule has 0 aromatic heterocycles. The van der Waals surface area contributed by atoms with Crippen molar-refractivity contribution >= 4 is 0 Å². The van der Waals surface area contributed by atoms with Gasteiger partial charge in [-0.25, -0.2) is 0 Å². The molecular formula is C11H11N. The number of benzene rings is 1. The van der Waals surface area contributed by atoms with Crippen molar-refractivity contribution in [2.45, 2.75) is 19.3 Å². The van der Waals surface area contributed by atoms with E-state index in [1.54, 1.807) is 0 Å². The summed E-state index contributed by atoms with van der Waals surface area (Å²) in [6.45, 7) is 2.08. The summed E-state index contributed by atoms with van der Waals surface area (Å²) in [5, 5.41) is 8.64. The molecule has 1 heteroatoms. The van der Waals surface area contributed by atoms with Crippen LogP contribution >= 0.6 is 0 Å². The van der Waals surface area contributed by atoms with Gasteiger partial charge in [-0.05, 0) is 18.9 Å². The maximum absolute atomic E-state index is 8.64. The first kappa shape index (κ1) is 7.36. The summed E-state index contributed by atoms with van der Waals surface area (Å²) in [6.07, 6.45) is 1.06. The SMILES string of the molecule is Cc1ccc([C@@H]2C[C@H]2C#N)cc1. The zero-order chi connectivity index (χ0) is 8.55. The number of rotatable bonds is 1. The minimum Gasteiger partial charge on any atom is -0.198 e. The third-order valence-corrected chi connectivity index (χ3v) is 2.46. The molecule has 0 bridgehead atoms. The van der Waals surface area contributed by atoms with Crippen molar-refractivity contribution in [3.05, 3.63) is 35.4 Å². The average Bonchev–Trinajstić information content (AvgIpc) is 2.85. The number of nitriles is 1. The molecule has 1 saturated carbocycles. The lowest BCUT2D eigenvalue weighted by Gasteiger charge is -1.97. The summed E-state index contributed by atoms with van der Waals surface area (Å²) in [5.41, 5.74) is 2.61. The van der Waals surface area contributed by atoms with E-state index < -0.39 is 0 Å². The Hall–Kier alpha value is -1.29. The van der Waals surface area contributed by atoms with Gasteiger partial charge in [-0.3, -0.25) is 0 Å². The normalized spacial score (nSPS) is 26.3. The summed E-state index contributed by atoms with van der Waals surface area (Å²) in [7, 11) is 0. The molecule has 0 saturated heterocycles. The molecule has 60 valence electrons. The Balaban J connectivity index is 2.17. The Kier molecular flexibility index (Phi) is 1.62. The highest BCUT2D eigenvalue weighted by Gasteiger charge is 2.38. The van der Waals surface area contributed by atoms with Crippen molar-refractivity contribution in [3.63, 3.8) is 0 Å². The predicted octanol–water partition coefficient (Wildman–Crippen LogP) is 2.62. The molecule has 1 aliphatic rings. The molecule has 1 aliphatic carbocycles. The van der Waals surface area contributed by atoms with E-state index in [0.29, 0.717) is 5.92 Å². The first-order chi connectivity index (χ1) is 5.81. The summed E-state index contributed by atoms with van der Waals surface area (Å²) < 4.78 is 0. The van der Waals surface area contributed by atoms with E-state index in [2.05, 4.69) is 37.3 Å². The highest BCUT2D eigenvalue weighted by molar-refractivity contribution is 5.31. The van der Waals surface area contributed by atoms with Crippen LogP contribution < -0.4 is 0 Å². The molecule has 1 nitrogen and oxygen atoms in total. The molecule has 2 atom stereocenters. The van der Waals surface area contributed by atoms with Gasteiger partial charge in [0.25, 0.3) is 0 Å². The van der Waals surface area contributed by atoms with Crippen LogP contribution in [0.5, 0.6) is 0 Å². The Morgan fingerprint density at radius 2 is 2.00 bits per heavy atom. The predicted molar refractivity (Wildman–Crippen MR) is 47.6 cm³/mol. The maximum atomic E-state index is 8.64. The minimum absolute atomic E-state index is 0.285. The van der Waals surface area contributed by atoms with Gasteiger partial charge in [0.2, 0.25) is 0 Å². The lowest BCUT2D eigenvalue weighted by Crippen LogP contribution is -1.81. The first-order valence-electron chi connectivity index (χ1n) is 4.27. The van der Waals surface area contributed by atoms with Crippen molar-refractivity contribution in [1.82, 2.24) is 0 Å². The molecule has 0 unspecified atom stereocenters. The van der Waals surface area contributed by atoms with Gasteiger partial charge in [-0.15, -0.1) is 0 Å². The van der Waals surface area contributed by atoms with Crippen LogP contribution in [-0.4, -0.2) is 0 Å². The van der Waals surface area contributed by atoms with Gasteiger partial charge < -0.3 is 0 Å². The summed E-state index contributed by atoms with van der Waals surface area (Å²) in [5.74, 6) is 0.809. The van der Waals surface area contributed by atoms with Gasteiger partial charge in [0.05, 0.1) is 12.0 Å². The molecule has 0 heterocycles. The highest BCUT2D eigenvalue weighted by Crippen LogP contribution is 2.46. The molecule has 0 amide bonds. The fourth-order valence-electron chi connectivity index (χ4n) is 1.52. The van der Waals surface area contributed by atoms with E-state index in [-0.39, 0.29) is 5.92 Å². The Labute approximate surface area is 72.6 Å². The molecule has 0 aliphatic heterocycles. The third-order valence-electron chi connectivity index (χ3n) is 2.46. The second-order valence-corrected chi connectivity index (χ2v) is 3.49. The third kappa shape index (κ3) is 1.21. The Bertz CT molecular complexity index is 318. The van der Waals surface area contributed by atoms with Gasteiger partial charge in [-0.2, -0.15) is 5.26 Å². The van der Waals surface area contributed by atoms with Gasteiger partial charge in [0, 0.05) is 5.92 Å². The lowest BCUT2D eigenvalue weighted by molar-refractivity contribution is 1.02. The van der Waals surface area contributed by atoms with Gasteiger partial charge >= 0.3 is 0 Å². The zero-order valence-corrected chi connectivity index (χ0v) is 7.12. The van der Waals surface area contributed by atoms with E-state index in [1.165, 1.54) is 11.1 Å². The molecule has 2 rings (SSSR count). The largest absolute Gasteiger partial charge is 0.198 e. The number of hydrogen-bond donors (Lipinski definition) is 0. The van der Waals surface area contributed by atoms with Crippen LogP contribution in [0.15, 0.2) is 24.3 Å². The van der Waals surface area contributed by atoms with Crippen molar-refractivity contribution in [2.24, 2.45) is 5.92 Å². The minimum atomic E-state index is 0.285. The molecule has 0 N–H and O–H groups in total. The second-order valence-electron chi connectivity index (χ2n) is 3.49. The number of aryl methyl sites for hydroxylation is 1.